The Labute approximate surface area is 313 Å². The Kier molecular flexibility index (Phi) is 32.8. The Hall–Kier alpha value is -1.10. The van der Waals surface area contributed by atoms with Crippen molar-refractivity contribution < 1.29 is 14.1 Å². The maximum absolute atomic E-state index is 12.5. The van der Waals surface area contributed by atoms with Crippen LogP contribution in [0.15, 0.2) is 0 Å². The number of likely N-dealkylation sites (tertiary alicyclic amines) is 1. The van der Waals surface area contributed by atoms with E-state index in [2.05, 4.69) is 31.0 Å². The van der Waals surface area contributed by atoms with Crippen molar-refractivity contribution in [2.24, 2.45) is 0 Å². The number of nitrogens with one attached hydrogen (secondary N) is 1. The highest BCUT2D eigenvalue weighted by atomic mass is 16.2. The molecule has 1 unspecified atom stereocenters. The molecule has 0 aromatic rings. The standard InChI is InChI=1S/C45H89N3O2/c1-4-7-9-11-13-15-17-18-19-20-21-22-23-24-25-26-28-30-32-37-44(49)46-39-33-35-42-48(6-3,43-47-40-36-38-45(47)50)41-34-31-29-27-16-14-12-10-8-5-2/h4-43H2,1-3H3/p+1. The van der Waals surface area contributed by atoms with Crippen molar-refractivity contribution in [3.8, 4) is 0 Å². The van der Waals surface area contributed by atoms with E-state index in [-0.39, 0.29) is 5.91 Å². The van der Waals surface area contributed by atoms with Gasteiger partial charge in [-0.2, -0.15) is 0 Å². The van der Waals surface area contributed by atoms with Crippen molar-refractivity contribution in [2.45, 2.75) is 239 Å². The van der Waals surface area contributed by atoms with Crippen LogP contribution < -0.4 is 5.32 Å². The lowest BCUT2D eigenvalue weighted by Crippen LogP contribution is -2.55. The van der Waals surface area contributed by atoms with Gasteiger partial charge in [-0.25, -0.2) is 0 Å². The van der Waals surface area contributed by atoms with Crippen LogP contribution in [-0.4, -0.2) is 60.6 Å². The maximum Gasteiger partial charge on any atom is 0.226 e. The van der Waals surface area contributed by atoms with E-state index in [1.807, 2.05) is 0 Å². The minimum absolute atomic E-state index is 0.237. The van der Waals surface area contributed by atoms with Gasteiger partial charge in [0, 0.05) is 25.9 Å². The highest BCUT2D eigenvalue weighted by Crippen LogP contribution is 2.20. The molecule has 0 radical (unpaired) electrons. The number of carbonyl (C=O) groups is 2. The third-order valence-corrected chi connectivity index (χ3v) is 11.7. The monoisotopic (exact) mass is 705 g/mol. The molecule has 1 aliphatic heterocycles. The summed E-state index contributed by atoms with van der Waals surface area (Å²) in [5, 5.41) is 3.20. The van der Waals surface area contributed by atoms with Crippen LogP contribution in [0, 0.1) is 0 Å². The van der Waals surface area contributed by atoms with E-state index < -0.39 is 0 Å². The Bertz CT molecular complexity index is 759. The molecule has 1 heterocycles. The van der Waals surface area contributed by atoms with Gasteiger partial charge in [0.1, 0.15) is 0 Å². The second-order valence-corrected chi connectivity index (χ2v) is 16.4. The molecule has 0 aromatic heterocycles. The van der Waals surface area contributed by atoms with Crippen LogP contribution in [0.1, 0.15) is 239 Å². The highest BCUT2D eigenvalue weighted by Gasteiger charge is 2.32. The van der Waals surface area contributed by atoms with E-state index in [1.54, 1.807) is 0 Å². The van der Waals surface area contributed by atoms with Gasteiger partial charge in [-0.3, -0.25) is 14.5 Å². The third kappa shape index (κ3) is 27.5. The Morgan fingerprint density at radius 3 is 1.30 bits per heavy atom. The first-order valence-electron chi connectivity index (χ1n) is 23.0. The summed E-state index contributed by atoms with van der Waals surface area (Å²) >= 11 is 0. The number of quaternary nitrogens is 1. The summed E-state index contributed by atoms with van der Waals surface area (Å²) in [6.07, 6.45) is 44.5. The summed E-state index contributed by atoms with van der Waals surface area (Å²) < 4.78 is 1.04. The second kappa shape index (κ2) is 35.0. The maximum atomic E-state index is 12.5. The molecule has 2 amide bonds. The molecule has 0 bridgehead atoms. The summed E-state index contributed by atoms with van der Waals surface area (Å²) in [6.45, 7) is 12.9. The number of nitrogens with zero attached hydrogens (tertiary/aromatic N) is 2. The van der Waals surface area contributed by atoms with Gasteiger partial charge in [0.25, 0.3) is 0 Å². The smallest absolute Gasteiger partial charge is 0.226 e. The predicted molar refractivity (Wildman–Crippen MR) is 218 cm³/mol. The van der Waals surface area contributed by atoms with Gasteiger partial charge in [0.05, 0.1) is 19.6 Å². The average Bonchev–Trinajstić information content (AvgIpc) is 3.52. The fourth-order valence-electron chi connectivity index (χ4n) is 8.07. The summed E-state index contributed by atoms with van der Waals surface area (Å²) in [6, 6.07) is 0. The lowest BCUT2D eigenvalue weighted by atomic mass is 10.0. The lowest BCUT2D eigenvalue weighted by Gasteiger charge is -2.40. The quantitative estimate of drug-likeness (QED) is 0.0511. The minimum atomic E-state index is 0.237. The molecule has 1 aliphatic rings. The van der Waals surface area contributed by atoms with Crippen molar-refractivity contribution in [1.29, 1.82) is 0 Å². The molecule has 1 saturated heterocycles. The number of unbranched alkanes of at least 4 members (excludes halogenated alkanes) is 28. The molecule has 0 spiro atoms. The normalized spacial score (nSPS) is 14.5. The van der Waals surface area contributed by atoms with Gasteiger partial charge in [-0.1, -0.05) is 181 Å². The molecule has 50 heavy (non-hydrogen) atoms. The van der Waals surface area contributed by atoms with Crippen molar-refractivity contribution in [1.82, 2.24) is 10.2 Å². The molecule has 5 nitrogen and oxygen atoms in total. The first kappa shape index (κ1) is 46.9. The number of carbonyl (C=O) groups excluding carboxylic acids is 2. The summed E-state index contributed by atoms with van der Waals surface area (Å²) in [4.78, 5) is 27.1. The van der Waals surface area contributed by atoms with Gasteiger partial charge >= 0.3 is 0 Å². The molecule has 1 atom stereocenters. The van der Waals surface area contributed by atoms with E-state index in [1.165, 1.54) is 186 Å². The Morgan fingerprint density at radius 1 is 0.540 bits per heavy atom. The average molecular weight is 705 g/mol. The molecule has 5 heteroatoms. The largest absolute Gasteiger partial charge is 0.356 e. The Balaban J connectivity index is 2.05. The van der Waals surface area contributed by atoms with Crippen molar-refractivity contribution in [3.63, 3.8) is 0 Å². The van der Waals surface area contributed by atoms with Crippen LogP contribution in [0.4, 0.5) is 0 Å². The molecule has 0 aromatic carbocycles. The van der Waals surface area contributed by atoms with Crippen LogP contribution in [0.2, 0.25) is 0 Å². The zero-order valence-electron chi connectivity index (χ0n) is 34.5. The highest BCUT2D eigenvalue weighted by molar-refractivity contribution is 5.77. The molecule has 0 aliphatic carbocycles. The first-order valence-corrected chi connectivity index (χ1v) is 23.0. The molecule has 1 rings (SSSR count). The molecular weight excluding hydrogens is 615 g/mol. The van der Waals surface area contributed by atoms with Crippen molar-refractivity contribution in [2.75, 3.05) is 39.4 Å². The SMILES string of the molecule is CCCCCCCCCCCCCCCCCCCCCC(=O)NCCCC[N+](CC)(CCCCCCCCCCCC)CN1CCCC1=O. The summed E-state index contributed by atoms with van der Waals surface area (Å²) in [5.41, 5.74) is 0. The first-order chi connectivity index (χ1) is 24.6. The molecule has 0 saturated carbocycles. The van der Waals surface area contributed by atoms with E-state index in [9.17, 15) is 9.59 Å². The van der Waals surface area contributed by atoms with E-state index in [0.717, 1.165) is 69.4 Å². The summed E-state index contributed by atoms with van der Waals surface area (Å²) in [7, 11) is 0. The van der Waals surface area contributed by atoms with E-state index in [4.69, 9.17) is 0 Å². The number of hydrogen-bond acceptors (Lipinski definition) is 2. The van der Waals surface area contributed by atoms with Crippen LogP contribution >= 0.6 is 0 Å². The number of amides is 2. The van der Waals surface area contributed by atoms with Crippen LogP contribution in [0.3, 0.4) is 0 Å². The molecule has 1 fully saturated rings. The zero-order chi connectivity index (χ0) is 36.2. The molecule has 296 valence electrons. The van der Waals surface area contributed by atoms with Crippen molar-refractivity contribution in [3.05, 3.63) is 0 Å². The molecular formula is C45H90N3O2+. The summed E-state index contributed by atoms with van der Waals surface area (Å²) in [5.74, 6) is 0.590. The Morgan fingerprint density at radius 2 is 0.920 bits per heavy atom. The fourth-order valence-corrected chi connectivity index (χ4v) is 8.07. The minimum Gasteiger partial charge on any atom is -0.356 e. The zero-order valence-corrected chi connectivity index (χ0v) is 34.5. The van der Waals surface area contributed by atoms with Gasteiger partial charge < -0.3 is 9.80 Å². The number of hydrogen-bond donors (Lipinski definition) is 1. The van der Waals surface area contributed by atoms with Crippen LogP contribution in [-0.2, 0) is 9.59 Å². The van der Waals surface area contributed by atoms with Crippen LogP contribution in [0.5, 0.6) is 0 Å². The second-order valence-electron chi connectivity index (χ2n) is 16.4. The van der Waals surface area contributed by atoms with Gasteiger partial charge in [-0.15, -0.1) is 0 Å². The van der Waals surface area contributed by atoms with Gasteiger partial charge in [-0.05, 0) is 45.4 Å². The predicted octanol–water partition coefficient (Wildman–Crippen LogP) is 13.0. The van der Waals surface area contributed by atoms with E-state index in [0.29, 0.717) is 12.3 Å². The van der Waals surface area contributed by atoms with Crippen LogP contribution in [0.25, 0.3) is 0 Å². The van der Waals surface area contributed by atoms with Gasteiger partial charge in [0.15, 0.2) is 6.67 Å². The number of rotatable bonds is 39. The molecule has 1 N–H and O–H groups in total. The van der Waals surface area contributed by atoms with Crippen molar-refractivity contribution >= 4 is 11.8 Å². The third-order valence-electron chi connectivity index (χ3n) is 11.7. The van der Waals surface area contributed by atoms with E-state index >= 15 is 0 Å². The fraction of sp³-hybridized carbons (Fsp3) is 0.956. The lowest BCUT2D eigenvalue weighted by molar-refractivity contribution is -0.934. The van der Waals surface area contributed by atoms with Gasteiger partial charge in [0.2, 0.25) is 11.8 Å². The topological polar surface area (TPSA) is 49.4 Å².